The van der Waals surface area contributed by atoms with Crippen molar-refractivity contribution in [3.05, 3.63) is 0 Å². The maximum Gasteiger partial charge on any atom is 0.0218 e. The number of halogens is 1. The first kappa shape index (κ1) is 7.75. The van der Waals surface area contributed by atoms with Crippen LogP contribution in [0.1, 0.15) is 6.92 Å². The molecular weight excluding hydrogens is 227 g/mol. The van der Waals surface area contributed by atoms with E-state index >= 15 is 0 Å². The molecular formula is C6H13IN2. The fraction of sp³-hybridized carbons (Fsp3) is 1.00. The molecule has 2 atom stereocenters. The van der Waals surface area contributed by atoms with Crippen LogP contribution in [0.15, 0.2) is 0 Å². The van der Waals surface area contributed by atoms with Crippen LogP contribution in [0, 0.1) is 5.92 Å². The molecule has 0 spiro atoms. The van der Waals surface area contributed by atoms with Gasteiger partial charge in [0.15, 0.2) is 0 Å². The molecule has 54 valence electrons. The number of hydrogen-bond donors (Lipinski definition) is 1. The molecule has 1 heterocycles. The lowest BCUT2D eigenvalue weighted by Crippen LogP contribution is -2.52. The highest BCUT2D eigenvalue weighted by atomic mass is 127. The summed E-state index contributed by atoms with van der Waals surface area (Å²) in [6, 6.07) is 0.776. The second-order valence-electron chi connectivity index (χ2n) is 2.64. The van der Waals surface area contributed by atoms with Gasteiger partial charge in [-0.05, 0) is 14.0 Å². The van der Waals surface area contributed by atoms with Gasteiger partial charge in [0.2, 0.25) is 0 Å². The summed E-state index contributed by atoms with van der Waals surface area (Å²) in [5, 5.41) is 3.19. The minimum Gasteiger partial charge on any atom is -0.319 e. The third kappa shape index (κ3) is 1.56. The Morgan fingerprint density at radius 3 is 2.78 bits per heavy atom. The average Bonchev–Trinajstić information content (AvgIpc) is 1.88. The number of nitrogens with zero attached hydrogens (tertiary/aromatic N) is 1. The second kappa shape index (κ2) is 3.16. The van der Waals surface area contributed by atoms with Crippen molar-refractivity contribution in [2.24, 2.45) is 5.92 Å². The topological polar surface area (TPSA) is 15.3 Å². The third-order valence-electron chi connectivity index (χ3n) is 2.00. The molecule has 2 nitrogen and oxygen atoms in total. The van der Waals surface area contributed by atoms with Gasteiger partial charge in [0, 0.05) is 47.9 Å². The monoisotopic (exact) mass is 240 g/mol. The van der Waals surface area contributed by atoms with Gasteiger partial charge in [0.25, 0.3) is 0 Å². The van der Waals surface area contributed by atoms with Crippen LogP contribution in [-0.4, -0.2) is 29.3 Å². The molecule has 1 saturated heterocycles. The van der Waals surface area contributed by atoms with Crippen LogP contribution in [0.25, 0.3) is 0 Å². The molecule has 0 radical (unpaired) electrons. The predicted molar refractivity (Wildman–Crippen MR) is 47.6 cm³/mol. The van der Waals surface area contributed by atoms with Gasteiger partial charge in [0.1, 0.15) is 0 Å². The summed E-state index contributed by atoms with van der Waals surface area (Å²) in [5.74, 6) is 0.881. The molecule has 0 aromatic carbocycles. The maximum atomic E-state index is 3.19. The summed E-state index contributed by atoms with van der Waals surface area (Å²) >= 11 is 2.38. The SMILES string of the molecule is CNCC1CN(I)C1C. The van der Waals surface area contributed by atoms with Crippen molar-refractivity contribution < 1.29 is 0 Å². The quantitative estimate of drug-likeness (QED) is 0.569. The van der Waals surface area contributed by atoms with Gasteiger partial charge in [-0.2, -0.15) is 0 Å². The average molecular weight is 240 g/mol. The molecule has 1 aliphatic heterocycles. The zero-order chi connectivity index (χ0) is 6.85. The minimum absolute atomic E-state index is 0.776. The van der Waals surface area contributed by atoms with Gasteiger partial charge in [0.05, 0.1) is 0 Å². The molecule has 2 unspecified atom stereocenters. The summed E-state index contributed by atoms with van der Waals surface area (Å²) in [5.41, 5.74) is 0. The Labute approximate surface area is 70.5 Å². The largest absolute Gasteiger partial charge is 0.319 e. The summed E-state index contributed by atoms with van der Waals surface area (Å²) in [6.07, 6.45) is 0. The molecule has 9 heavy (non-hydrogen) atoms. The van der Waals surface area contributed by atoms with E-state index < -0.39 is 0 Å². The molecule has 1 aliphatic rings. The fourth-order valence-corrected chi connectivity index (χ4v) is 2.09. The first-order chi connectivity index (χ1) is 4.25. The lowest BCUT2D eigenvalue weighted by molar-refractivity contribution is 0.151. The van der Waals surface area contributed by atoms with E-state index in [9.17, 15) is 0 Å². The van der Waals surface area contributed by atoms with Crippen LogP contribution in [0.4, 0.5) is 0 Å². The molecule has 1 fully saturated rings. The molecule has 1 rings (SSSR count). The van der Waals surface area contributed by atoms with Gasteiger partial charge in [-0.3, -0.25) is 0 Å². The van der Waals surface area contributed by atoms with Gasteiger partial charge in [-0.1, -0.05) is 0 Å². The molecule has 0 bridgehead atoms. The molecule has 0 aromatic rings. The van der Waals surface area contributed by atoms with E-state index in [0.717, 1.165) is 12.0 Å². The Hall–Kier alpha value is 0.650. The van der Waals surface area contributed by atoms with Crippen molar-refractivity contribution in [2.75, 3.05) is 20.1 Å². The Kier molecular flexibility index (Phi) is 2.73. The van der Waals surface area contributed by atoms with Crippen molar-refractivity contribution >= 4 is 22.9 Å². The second-order valence-corrected chi connectivity index (χ2v) is 3.88. The molecule has 0 amide bonds. The predicted octanol–water partition coefficient (Wildman–Crippen LogP) is 0.876. The number of hydrogen-bond acceptors (Lipinski definition) is 2. The maximum absolute atomic E-state index is 3.19. The van der Waals surface area contributed by atoms with Gasteiger partial charge in [-0.15, -0.1) is 0 Å². The van der Waals surface area contributed by atoms with E-state index in [1.165, 1.54) is 13.1 Å². The van der Waals surface area contributed by atoms with Gasteiger partial charge in [-0.25, -0.2) is 3.11 Å². The highest BCUT2D eigenvalue weighted by Gasteiger charge is 2.32. The van der Waals surface area contributed by atoms with E-state index in [4.69, 9.17) is 0 Å². The van der Waals surface area contributed by atoms with Crippen molar-refractivity contribution in [1.29, 1.82) is 0 Å². The van der Waals surface area contributed by atoms with Crippen LogP contribution < -0.4 is 5.32 Å². The highest BCUT2D eigenvalue weighted by Crippen LogP contribution is 2.26. The number of rotatable bonds is 2. The summed E-state index contributed by atoms with van der Waals surface area (Å²) in [4.78, 5) is 0. The zero-order valence-electron chi connectivity index (χ0n) is 5.89. The molecule has 3 heteroatoms. The van der Waals surface area contributed by atoms with E-state index in [1.54, 1.807) is 0 Å². The summed E-state index contributed by atoms with van der Waals surface area (Å²) < 4.78 is 2.35. The van der Waals surface area contributed by atoms with Gasteiger partial charge >= 0.3 is 0 Å². The third-order valence-corrected chi connectivity index (χ3v) is 3.27. The lowest BCUT2D eigenvalue weighted by Gasteiger charge is -2.42. The van der Waals surface area contributed by atoms with E-state index in [2.05, 4.69) is 38.2 Å². The van der Waals surface area contributed by atoms with E-state index in [1.807, 2.05) is 7.05 Å². The minimum atomic E-state index is 0.776. The number of nitrogens with one attached hydrogen (secondary N) is 1. The van der Waals surface area contributed by atoms with E-state index in [-0.39, 0.29) is 0 Å². The smallest absolute Gasteiger partial charge is 0.0218 e. The summed E-state index contributed by atoms with van der Waals surface area (Å²) in [7, 11) is 2.02. The fourth-order valence-electron chi connectivity index (χ4n) is 1.13. The van der Waals surface area contributed by atoms with Crippen molar-refractivity contribution in [3.63, 3.8) is 0 Å². The molecule has 0 aromatic heterocycles. The van der Waals surface area contributed by atoms with Crippen molar-refractivity contribution in [2.45, 2.75) is 13.0 Å². The van der Waals surface area contributed by atoms with Crippen LogP contribution in [0.2, 0.25) is 0 Å². The molecule has 0 saturated carbocycles. The Morgan fingerprint density at radius 1 is 1.78 bits per heavy atom. The highest BCUT2D eigenvalue weighted by molar-refractivity contribution is 14.1. The normalized spacial score (nSPS) is 36.3. The zero-order valence-corrected chi connectivity index (χ0v) is 8.05. The van der Waals surface area contributed by atoms with Gasteiger partial charge < -0.3 is 5.32 Å². The first-order valence-electron chi connectivity index (χ1n) is 3.32. The molecule has 0 aliphatic carbocycles. The Balaban J connectivity index is 2.17. The van der Waals surface area contributed by atoms with Crippen LogP contribution >= 0.6 is 22.9 Å². The van der Waals surface area contributed by atoms with Crippen molar-refractivity contribution in [1.82, 2.24) is 8.43 Å². The van der Waals surface area contributed by atoms with Crippen LogP contribution in [-0.2, 0) is 0 Å². The molecule has 1 N–H and O–H groups in total. The van der Waals surface area contributed by atoms with E-state index in [0.29, 0.717) is 0 Å². The van der Waals surface area contributed by atoms with Crippen LogP contribution in [0.3, 0.4) is 0 Å². The Bertz CT molecular complexity index is 95.1. The first-order valence-corrected chi connectivity index (χ1v) is 4.29. The van der Waals surface area contributed by atoms with Crippen LogP contribution in [0.5, 0.6) is 0 Å². The standard InChI is InChI=1S/C6H13IN2/c1-5-6(3-8-2)4-9(5)7/h5-6,8H,3-4H2,1-2H3. The lowest BCUT2D eigenvalue weighted by atomic mass is 9.93. The van der Waals surface area contributed by atoms with Crippen molar-refractivity contribution in [3.8, 4) is 0 Å². The summed E-state index contributed by atoms with van der Waals surface area (Å²) in [6.45, 7) is 4.70. The Morgan fingerprint density at radius 2 is 2.44 bits per heavy atom.